The van der Waals surface area contributed by atoms with Gasteiger partial charge in [-0.1, -0.05) is 30.3 Å². The molecule has 2 heterocycles. The van der Waals surface area contributed by atoms with Crippen LogP contribution in [0.2, 0.25) is 0 Å². The summed E-state index contributed by atoms with van der Waals surface area (Å²) in [5.41, 5.74) is 1.38. The number of carbonyl (C=O) groups excluding carboxylic acids is 1. The maximum absolute atomic E-state index is 13.4. The van der Waals surface area contributed by atoms with Crippen molar-refractivity contribution in [3.8, 4) is 0 Å². The van der Waals surface area contributed by atoms with Gasteiger partial charge in [-0.05, 0) is 50.6 Å². The number of anilines is 2. The summed E-state index contributed by atoms with van der Waals surface area (Å²) in [5, 5.41) is 3.09. The molecule has 2 aromatic carbocycles. The Bertz CT molecular complexity index is 1100. The van der Waals surface area contributed by atoms with E-state index >= 15 is 0 Å². The summed E-state index contributed by atoms with van der Waals surface area (Å²) in [6, 6.07) is 16.4. The second kappa shape index (κ2) is 8.01. The van der Waals surface area contributed by atoms with Crippen LogP contribution in [0.25, 0.3) is 4.91 Å². The predicted molar refractivity (Wildman–Crippen MR) is 122 cm³/mol. The summed E-state index contributed by atoms with van der Waals surface area (Å²) < 4.78 is 33.2. The summed E-state index contributed by atoms with van der Waals surface area (Å²) in [7, 11) is -4.00. The van der Waals surface area contributed by atoms with E-state index in [0.29, 0.717) is 24.5 Å². The van der Waals surface area contributed by atoms with Gasteiger partial charge in [-0.2, -0.15) is 0 Å². The SMILES string of the molecule is CC(C)(C)N1C(=O)C(Nc2ccc(N3CCOCC3)cc2)=C(c2ccccc2)S1(=O)=O. The van der Waals surface area contributed by atoms with E-state index in [2.05, 4.69) is 10.2 Å². The molecule has 2 aliphatic rings. The molecule has 0 radical (unpaired) electrons. The molecule has 7 nitrogen and oxygen atoms in total. The minimum absolute atomic E-state index is 0.00489. The van der Waals surface area contributed by atoms with Crippen LogP contribution in [0.15, 0.2) is 60.3 Å². The third kappa shape index (κ3) is 4.05. The highest BCUT2D eigenvalue weighted by Crippen LogP contribution is 2.40. The maximum Gasteiger partial charge on any atom is 0.285 e. The number of hydrogen-bond donors (Lipinski definition) is 1. The number of morpholine rings is 1. The van der Waals surface area contributed by atoms with Crippen LogP contribution in [0.3, 0.4) is 0 Å². The zero-order valence-electron chi connectivity index (χ0n) is 18.0. The van der Waals surface area contributed by atoms with Crippen LogP contribution >= 0.6 is 0 Å². The molecule has 0 aliphatic carbocycles. The molecule has 2 aromatic rings. The number of rotatable bonds is 4. The first kappa shape index (κ1) is 21.4. The summed E-state index contributed by atoms with van der Waals surface area (Å²) in [5.74, 6) is -0.552. The molecule has 0 spiro atoms. The van der Waals surface area contributed by atoms with Gasteiger partial charge in [-0.15, -0.1) is 0 Å². The highest BCUT2D eigenvalue weighted by molar-refractivity contribution is 7.99. The van der Waals surface area contributed by atoms with Gasteiger partial charge in [0.25, 0.3) is 15.9 Å². The fraction of sp³-hybridized carbons (Fsp3) is 0.348. The van der Waals surface area contributed by atoms with E-state index < -0.39 is 21.5 Å². The Morgan fingerprint density at radius 1 is 0.935 bits per heavy atom. The van der Waals surface area contributed by atoms with Crippen LogP contribution in [0.5, 0.6) is 0 Å². The van der Waals surface area contributed by atoms with Crippen LogP contribution in [-0.4, -0.2) is 50.5 Å². The van der Waals surface area contributed by atoms with E-state index in [1.807, 2.05) is 30.3 Å². The lowest BCUT2D eigenvalue weighted by Crippen LogP contribution is -2.46. The van der Waals surface area contributed by atoms with Gasteiger partial charge in [0.1, 0.15) is 10.6 Å². The van der Waals surface area contributed by atoms with Crippen molar-refractivity contribution in [3.63, 3.8) is 0 Å². The second-order valence-electron chi connectivity index (χ2n) is 8.59. The largest absolute Gasteiger partial charge is 0.378 e. The number of hydrogen-bond acceptors (Lipinski definition) is 6. The van der Waals surface area contributed by atoms with Crippen molar-refractivity contribution in [1.82, 2.24) is 4.31 Å². The van der Waals surface area contributed by atoms with Gasteiger partial charge in [0.15, 0.2) is 0 Å². The Morgan fingerprint density at radius 2 is 1.55 bits per heavy atom. The van der Waals surface area contributed by atoms with Crippen LogP contribution in [-0.2, 0) is 19.6 Å². The highest BCUT2D eigenvalue weighted by atomic mass is 32.2. The van der Waals surface area contributed by atoms with E-state index in [-0.39, 0.29) is 10.6 Å². The molecular weight excluding hydrogens is 414 g/mol. The van der Waals surface area contributed by atoms with Crippen molar-refractivity contribution in [3.05, 3.63) is 65.9 Å². The average Bonchev–Trinajstić information content (AvgIpc) is 2.94. The van der Waals surface area contributed by atoms with Crippen LogP contribution in [0.1, 0.15) is 26.3 Å². The maximum atomic E-state index is 13.4. The molecule has 4 rings (SSSR count). The molecule has 0 bridgehead atoms. The predicted octanol–water partition coefficient (Wildman–Crippen LogP) is 3.27. The first-order chi connectivity index (χ1) is 14.7. The lowest BCUT2D eigenvalue weighted by Gasteiger charge is -2.30. The summed E-state index contributed by atoms with van der Waals surface area (Å²) in [4.78, 5) is 15.5. The molecule has 1 amide bonds. The van der Waals surface area contributed by atoms with E-state index in [9.17, 15) is 13.2 Å². The number of benzene rings is 2. The van der Waals surface area contributed by atoms with Crippen molar-refractivity contribution >= 4 is 32.2 Å². The molecule has 1 saturated heterocycles. The van der Waals surface area contributed by atoms with Gasteiger partial charge in [0.05, 0.1) is 18.8 Å². The number of nitrogens with zero attached hydrogens (tertiary/aromatic N) is 2. The van der Waals surface area contributed by atoms with E-state index in [0.717, 1.165) is 23.1 Å². The quantitative estimate of drug-likeness (QED) is 0.785. The molecule has 8 heteroatoms. The van der Waals surface area contributed by atoms with Crippen molar-refractivity contribution < 1.29 is 17.9 Å². The molecular formula is C23H27N3O4S. The lowest BCUT2D eigenvalue weighted by atomic mass is 10.1. The van der Waals surface area contributed by atoms with Crippen molar-refractivity contribution in [2.75, 3.05) is 36.5 Å². The zero-order valence-corrected chi connectivity index (χ0v) is 18.8. The van der Waals surface area contributed by atoms with E-state index in [4.69, 9.17) is 4.74 Å². The summed E-state index contributed by atoms with van der Waals surface area (Å²) >= 11 is 0. The third-order valence-corrected chi connectivity index (χ3v) is 7.43. The van der Waals surface area contributed by atoms with E-state index in [1.165, 1.54) is 0 Å². The van der Waals surface area contributed by atoms with Gasteiger partial charge in [-0.3, -0.25) is 4.79 Å². The van der Waals surface area contributed by atoms with Crippen molar-refractivity contribution in [2.45, 2.75) is 26.3 Å². The van der Waals surface area contributed by atoms with Crippen molar-refractivity contribution in [1.29, 1.82) is 0 Å². The lowest BCUT2D eigenvalue weighted by molar-refractivity contribution is -0.124. The third-order valence-electron chi connectivity index (χ3n) is 5.28. The molecule has 0 aromatic heterocycles. The number of nitrogens with one attached hydrogen (secondary N) is 1. The number of carbonyl (C=O) groups is 1. The molecule has 31 heavy (non-hydrogen) atoms. The van der Waals surface area contributed by atoms with Crippen molar-refractivity contribution in [2.24, 2.45) is 0 Å². The molecule has 0 saturated carbocycles. The topological polar surface area (TPSA) is 79.0 Å². The van der Waals surface area contributed by atoms with Crippen LogP contribution in [0.4, 0.5) is 11.4 Å². The molecule has 1 N–H and O–H groups in total. The Labute approximate surface area is 183 Å². The minimum atomic E-state index is -4.00. The average molecular weight is 442 g/mol. The minimum Gasteiger partial charge on any atom is -0.378 e. The fourth-order valence-corrected chi connectivity index (χ4v) is 5.95. The number of ether oxygens (including phenoxy) is 1. The van der Waals surface area contributed by atoms with Gasteiger partial charge in [0.2, 0.25) is 0 Å². The number of amides is 1. The Balaban J connectivity index is 1.72. The Kier molecular flexibility index (Phi) is 5.53. The molecule has 0 unspecified atom stereocenters. The Morgan fingerprint density at radius 3 is 2.13 bits per heavy atom. The van der Waals surface area contributed by atoms with Gasteiger partial charge in [0, 0.05) is 24.5 Å². The van der Waals surface area contributed by atoms with Gasteiger partial charge in [-0.25, -0.2) is 12.7 Å². The van der Waals surface area contributed by atoms with Crippen LogP contribution < -0.4 is 10.2 Å². The highest BCUT2D eigenvalue weighted by Gasteiger charge is 2.49. The molecule has 0 atom stereocenters. The molecule has 2 aliphatic heterocycles. The molecule has 164 valence electrons. The second-order valence-corrected chi connectivity index (χ2v) is 10.3. The smallest absolute Gasteiger partial charge is 0.285 e. The summed E-state index contributed by atoms with van der Waals surface area (Å²) in [6.07, 6.45) is 0. The summed E-state index contributed by atoms with van der Waals surface area (Å²) in [6.45, 7) is 8.19. The monoisotopic (exact) mass is 441 g/mol. The first-order valence-corrected chi connectivity index (χ1v) is 11.7. The molecule has 1 fully saturated rings. The standard InChI is InChI=1S/C23H27N3O4S/c1-23(2,3)26-22(27)20(21(31(26,28)29)17-7-5-4-6-8-17)24-18-9-11-19(12-10-18)25-13-15-30-16-14-25/h4-12,24H,13-16H2,1-3H3. The number of sulfonamides is 1. The van der Waals surface area contributed by atoms with E-state index in [1.54, 1.807) is 45.0 Å². The fourth-order valence-electron chi connectivity index (χ4n) is 3.91. The normalized spacial score (nSPS) is 19.1. The zero-order chi connectivity index (χ0) is 22.2. The first-order valence-electron chi connectivity index (χ1n) is 10.3. The Hall–Kier alpha value is -2.84. The van der Waals surface area contributed by atoms with Crippen LogP contribution in [0, 0.1) is 0 Å². The van der Waals surface area contributed by atoms with Gasteiger partial charge < -0.3 is 15.0 Å². The van der Waals surface area contributed by atoms with Gasteiger partial charge >= 0.3 is 0 Å².